The van der Waals surface area contributed by atoms with E-state index < -0.39 is 0 Å². The highest BCUT2D eigenvalue weighted by Gasteiger charge is 2.25. The highest BCUT2D eigenvalue weighted by Crippen LogP contribution is 2.25. The van der Waals surface area contributed by atoms with Crippen LogP contribution in [-0.4, -0.2) is 35.7 Å². The standard InChI is InChI=1S/C16H22N4/c1-17-13-15-9-5-6-11-19(15)16-18-10-12-20(16)14-7-3-2-4-8-14/h2-4,7-8,10,12,15,17H,5-6,9,11,13H2,1H3. The van der Waals surface area contributed by atoms with Gasteiger partial charge in [-0.1, -0.05) is 18.2 Å². The van der Waals surface area contributed by atoms with Gasteiger partial charge in [-0.15, -0.1) is 0 Å². The first-order chi connectivity index (χ1) is 9.90. The van der Waals surface area contributed by atoms with Crippen molar-refractivity contribution in [1.82, 2.24) is 14.9 Å². The van der Waals surface area contributed by atoms with Gasteiger partial charge in [-0.25, -0.2) is 4.98 Å². The van der Waals surface area contributed by atoms with Crippen molar-refractivity contribution >= 4 is 5.95 Å². The third-order valence-corrected chi connectivity index (χ3v) is 3.98. The van der Waals surface area contributed by atoms with Crippen molar-refractivity contribution in [2.24, 2.45) is 0 Å². The Labute approximate surface area is 120 Å². The molecule has 0 aliphatic carbocycles. The van der Waals surface area contributed by atoms with Gasteiger partial charge in [-0.05, 0) is 38.4 Å². The molecule has 1 fully saturated rings. The molecule has 1 aliphatic rings. The van der Waals surface area contributed by atoms with Crippen molar-refractivity contribution < 1.29 is 0 Å². The smallest absolute Gasteiger partial charge is 0.210 e. The Morgan fingerprint density at radius 1 is 1.25 bits per heavy atom. The topological polar surface area (TPSA) is 33.1 Å². The van der Waals surface area contributed by atoms with Crippen molar-refractivity contribution in [3.05, 3.63) is 42.7 Å². The van der Waals surface area contributed by atoms with Crippen LogP contribution in [0.4, 0.5) is 5.95 Å². The molecule has 106 valence electrons. The summed E-state index contributed by atoms with van der Waals surface area (Å²) in [6, 6.07) is 11.0. The van der Waals surface area contributed by atoms with Gasteiger partial charge in [0.1, 0.15) is 0 Å². The summed E-state index contributed by atoms with van der Waals surface area (Å²) in [6.45, 7) is 2.11. The van der Waals surface area contributed by atoms with Gasteiger partial charge in [-0.2, -0.15) is 0 Å². The highest BCUT2D eigenvalue weighted by atomic mass is 15.3. The van der Waals surface area contributed by atoms with E-state index in [4.69, 9.17) is 0 Å². The quantitative estimate of drug-likeness (QED) is 0.926. The molecule has 1 aromatic heterocycles. The average molecular weight is 270 g/mol. The number of hydrogen-bond acceptors (Lipinski definition) is 3. The molecule has 0 radical (unpaired) electrons. The lowest BCUT2D eigenvalue weighted by Gasteiger charge is -2.36. The summed E-state index contributed by atoms with van der Waals surface area (Å²) in [4.78, 5) is 7.06. The molecule has 1 aromatic carbocycles. The predicted molar refractivity (Wildman–Crippen MR) is 82.5 cm³/mol. The van der Waals surface area contributed by atoms with E-state index in [0.717, 1.165) is 19.0 Å². The lowest BCUT2D eigenvalue weighted by Crippen LogP contribution is -2.46. The number of rotatable bonds is 4. The van der Waals surface area contributed by atoms with Gasteiger partial charge in [0, 0.05) is 37.2 Å². The van der Waals surface area contributed by atoms with Crippen LogP contribution in [0.2, 0.25) is 0 Å². The minimum absolute atomic E-state index is 0.540. The summed E-state index contributed by atoms with van der Waals surface area (Å²) in [5, 5.41) is 3.31. The maximum absolute atomic E-state index is 4.61. The minimum Gasteiger partial charge on any atom is -0.338 e. The highest BCUT2D eigenvalue weighted by molar-refractivity contribution is 5.44. The molecule has 0 saturated carbocycles. The number of nitrogens with one attached hydrogen (secondary N) is 1. The van der Waals surface area contributed by atoms with Gasteiger partial charge in [-0.3, -0.25) is 4.57 Å². The van der Waals surface area contributed by atoms with Gasteiger partial charge in [0.05, 0.1) is 0 Å². The van der Waals surface area contributed by atoms with Gasteiger partial charge in [0.15, 0.2) is 0 Å². The molecule has 4 nitrogen and oxygen atoms in total. The number of likely N-dealkylation sites (N-methyl/N-ethyl adjacent to an activating group) is 1. The van der Waals surface area contributed by atoms with Gasteiger partial charge >= 0.3 is 0 Å². The van der Waals surface area contributed by atoms with Crippen LogP contribution in [0.1, 0.15) is 19.3 Å². The number of anilines is 1. The number of nitrogens with zero attached hydrogens (tertiary/aromatic N) is 3. The molecule has 1 aliphatic heterocycles. The van der Waals surface area contributed by atoms with E-state index in [0.29, 0.717) is 6.04 Å². The first kappa shape index (κ1) is 13.2. The molecule has 1 atom stereocenters. The zero-order valence-electron chi connectivity index (χ0n) is 12.0. The van der Waals surface area contributed by atoms with Gasteiger partial charge < -0.3 is 10.2 Å². The summed E-state index contributed by atoms with van der Waals surface area (Å²) in [6.07, 6.45) is 7.75. The predicted octanol–water partition coefficient (Wildman–Crippen LogP) is 2.45. The zero-order valence-corrected chi connectivity index (χ0v) is 12.0. The SMILES string of the molecule is CNCC1CCCCN1c1nccn1-c1ccccc1. The molecular weight excluding hydrogens is 248 g/mol. The Morgan fingerprint density at radius 2 is 2.10 bits per heavy atom. The number of imidazole rings is 1. The zero-order chi connectivity index (χ0) is 13.8. The fourth-order valence-electron chi connectivity index (χ4n) is 3.01. The maximum Gasteiger partial charge on any atom is 0.210 e. The average Bonchev–Trinajstić information content (AvgIpc) is 2.98. The third-order valence-electron chi connectivity index (χ3n) is 3.98. The van der Waals surface area contributed by atoms with Crippen LogP contribution >= 0.6 is 0 Å². The Balaban J connectivity index is 1.92. The van der Waals surface area contributed by atoms with E-state index in [1.807, 2.05) is 19.3 Å². The van der Waals surface area contributed by atoms with Crippen LogP contribution in [0.3, 0.4) is 0 Å². The van der Waals surface area contributed by atoms with E-state index in [2.05, 4.69) is 50.2 Å². The second kappa shape index (κ2) is 6.09. The van der Waals surface area contributed by atoms with E-state index in [9.17, 15) is 0 Å². The number of benzene rings is 1. The fourth-order valence-corrected chi connectivity index (χ4v) is 3.01. The summed E-state index contributed by atoms with van der Waals surface area (Å²) >= 11 is 0. The molecule has 2 aromatic rings. The lowest BCUT2D eigenvalue weighted by atomic mass is 10.0. The minimum atomic E-state index is 0.540. The molecule has 2 heterocycles. The van der Waals surface area contributed by atoms with Crippen LogP contribution in [0.5, 0.6) is 0 Å². The summed E-state index contributed by atoms with van der Waals surface area (Å²) < 4.78 is 2.19. The van der Waals surface area contributed by atoms with Gasteiger partial charge in [0.25, 0.3) is 0 Å². The van der Waals surface area contributed by atoms with Crippen LogP contribution in [0, 0.1) is 0 Å². The number of aromatic nitrogens is 2. The molecule has 1 unspecified atom stereocenters. The van der Waals surface area contributed by atoms with Crippen molar-refractivity contribution in [3.8, 4) is 5.69 Å². The first-order valence-corrected chi connectivity index (χ1v) is 7.40. The van der Waals surface area contributed by atoms with E-state index in [1.54, 1.807) is 0 Å². The molecule has 1 N–H and O–H groups in total. The Kier molecular flexibility index (Phi) is 4.02. The van der Waals surface area contributed by atoms with Gasteiger partial charge in [0.2, 0.25) is 5.95 Å². The van der Waals surface area contributed by atoms with Crippen LogP contribution in [0.15, 0.2) is 42.7 Å². The molecule has 20 heavy (non-hydrogen) atoms. The third kappa shape index (κ3) is 2.56. The van der Waals surface area contributed by atoms with Crippen molar-refractivity contribution in [1.29, 1.82) is 0 Å². The molecule has 0 spiro atoms. The van der Waals surface area contributed by atoms with E-state index in [1.165, 1.54) is 24.9 Å². The number of piperidine rings is 1. The molecule has 3 rings (SSSR count). The summed E-state index contributed by atoms with van der Waals surface area (Å²) in [5.41, 5.74) is 1.17. The molecule has 4 heteroatoms. The number of para-hydroxylation sites is 1. The fraction of sp³-hybridized carbons (Fsp3) is 0.438. The van der Waals surface area contributed by atoms with Crippen LogP contribution in [0.25, 0.3) is 5.69 Å². The second-order valence-corrected chi connectivity index (χ2v) is 5.33. The monoisotopic (exact) mass is 270 g/mol. The Morgan fingerprint density at radius 3 is 2.90 bits per heavy atom. The van der Waals surface area contributed by atoms with Crippen molar-refractivity contribution in [3.63, 3.8) is 0 Å². The van der Waals surface area contributed by atoms with Crippen molar-refractivity contribution in [2.75, 3.05) is 25.0 Å². The summed E-state index contributed by atoms with van der Waals surface area (Å²) in [7, 11) is 2.02. The molecule has 0 bridgehead atoms. The van der Waals surface area contributed by atoms with Crippen molar-refractivity contribution in [2.45, 2.75) is 25.3 Å². The molecule has 1 saturated heterocycles. The van der Waals surface area contributed by atoms with E-state index >= 15 is 0 Å². The van der Waals surface area contributed by atoms with E-state index in [-0.39, 0.29) is 0 Å². The molecular formula is C16H22N4. The van der Waals surface area contributed by atoms with Crippen LogP contribution in [-0.2, 0) is 0 Å². The van der Waals surface area contributed by atoms with Crippen LogP contribution < -0.4 is 10.2 Å². The summed E-state index contributed by atoms with van der Waals surface area (Å²) in [5.74, 6) is 1.07. The normalized spacial score (nSPS) is 19.2. The Bertz CT molecular complexity index is 532. The largest absolute Gasteiger partial charge is 0.338 e. The Hall–Kier alpha value is -1.81. The second-order valence-electron chi connectivity index (χ2n) is 5.33. The molecule has 0 amide bonds. The number of hydrogen-bond donors (Lipinski definition) is 1. The maximum atomic E-state index is 4.61. The first-order valence-electron chi connectivity index (χ1n) is 7.40. The lowest BCUT2D eigenvalue weighted by molar-refractivity contribution is 0.439.